The number of rotatable bonds is 6. The Morgan fingerprint density at radius 1 is 1.04 bits per heavy atom. The first-order chi connectivity index (χ1) is 12.8. The lowest BCUT2D eigenvalue weighted by Crippen LogP contribution is -2.51. The molecule has 0 aromatic heterocycles. The van der Waals surface area contributed by atoms with E-state index in [-0.39, 0.29) is 30.2 Å². The smallest absolute Gasteiger partial charge is 0.242 e. The van der Waals surface area contributed by atoms with Crippen molar-refractivity contribution < 1.29 is 14.4 Å². The standard InChI is InChI=1S/C21H31N3O3/c1-15(2)18-7-6-8-19(16(3)4)21(18)24(17(5)26)13-20(27)23-11-9-22(14-25)10-12-23/h6-8,14-16H,9-13H2,1-5H3. The SMILES string of the molecule is CC(=O)N(CC(=O)N1CCN(C=O)CC1)c1c(C(C)C)cccc1C(C)C. The molecule has 6 nitrogen and oxygen atoms in total. The minimum atomic E-state index is -0.134. The van der Waals surface area contributed by atoms with Crippen molar-refractivity contribution in [3.05, 3.63) is 29.3 Å². The first kappa shape index (κ1) is 20.9. The summed E-state index contributed by atoms with van der Waals surface area (Å²) in [6.07, 6.45) is 0.817. The van der Waals surface area contributed by atoms with Gasteiger partial charge in [0.05, 0.1) is 5.69 Å². The van der Waals surface area contributed by atoms with Crippen LogP contribution in [0.1, 0.15) is 57.6 Å². The number of carbonyl (C=O) groups excluding carboxylic acids is 3. The molecule has 0 radical (unpaired) electrons. The second kappa shape index (κ2) is 9.02. The number of anilines is 1. The summed E-state index contributed by atoms with van der Waals surface area (Å²) in [6.45, 7) is 12.0. The van der Waals surface area contributed by atoms with Gasteiger partial charge in [0.25, 0.3) is 0 Å². The van der Waals surface area contributed by atoms with Gasteiger partial charge in [-0.1, -0.05) is 45.9 Å². The highest BCUT2D eigenvalue weighted by Gasteiger charge is 2.27. The number of amides is 3. The monoisotopic (exact) mass is 373 g/mol. The predicted octanol–water partition coefficient (Wildman–Crippen LogP) is 2.59. The van der Waals surface area contributed by atoms with E-state index >= 15 is 0 Å². The van der Waals surface area contributed by atoms with E-state index in [2.05, 4.69) is 27.7 Å². The number of piperazine rings is 1. The summed E-state index contributed by atoms with van der Waals surface area (Å²) in [7, 11) is 0. The molecule has 0 bridgehead atoms. The van der Waals surface area contributed by atoms with Crippen molar-refractivity contribution in [3.8, 4) is 0 Å². The van der Waals surface area contributed by atoms with E-state index in [0.29, 0.717) is 26.2 Å². The van der Waals surface area contributed by atoms with Gasteiger partial charge < -0.3 is 14.7 Å². The second-order valence-electron chi connectivity index (χ2n) is 7.72. The molecule has 1 aromatic carbocycles. The van der Waals surface area contributed by atoms with Crippen molar-refractivity contribution >= 4 is 23.9 Å². The molecule has 0 spiro atoms. The minimum absolute atomic E-state index is 0.0277. The van der Waals surface area contributed by atoms with Crippen LogP contribution < -0.4 is 4.90 Å². The summed E-state index contributed by atoms with van der Waals surface area (Å²) in [4.78, 5) is 41.3. The molecule has 0 saturated carbocycles. The summed E-state index contributed by atoms with van der Waals surface area (Å²) >= 11 is 0. The number of hydrogen-bond acceptors (Lipinski definition) is 3. The maximum absolute atomic E-state index is 12.9. The lowest BCUT2D eigenvalue weighted by molar-refractivity contribution is -0.134. The van der Waals surface area contributed by atoms with Crippen molar-refractivity contribution in [1.29, 1.82) is 0 Å². The molecule has 27 heavy (non-hydrogen) atoms. The first-order valence-corrected chi connectivity index (χ1v) is 9.64. The average Bonchev–Trinajstić information content (AvgIpc) is 2.65. The molecule has 1 saturated heterocycles. The molecular formula is C21H31N3O3. The zero-order valence-corrected chi connectivity index (χ0v) is 17.1. The van der Waals surface area contributed by atoms with Crippen LogP contribution in [-0.4, -0.2) is 60.7 Å². The number of para-hydroxylation sites is 1. The normalized spacial score (nSPS) is 14.6. The van der Waals surface area contributed by atoms with Gasteiger partial charge in [0.2, 0.25) is 18.2 Å². The fourth-order valence-electron chi connectivity index (χ4n) is 3.48. The van der Waals surface area contributed by atoms with Gasteiger partial charge in [-0.05, 0) is 23.0 Å². The topological polar surface area (TPSA) is 60.9 Å². The van der Waals surface area contributed by atoms with Gasteiger partial charge in [-0.25, -0.2) is 0 Å². The zero-order chi connectivity index (χ0) is 20.1. The summed E-state index contributed by atoms with van der Waals surface area (Å²) in [6, 6.07) is 6.09. The number of nitrogens with zero attached hydrogens (tertiary/aromatic N) is 3. The van der Waals surface area contributed by atoms with Crippen LogP contribution in [0.2, 0.25) is 0 Å². The van der Waals surface area contributed by atoms with Gasteiger partial charge in [-0.3, -0.25) is 14.4 Å². The lowest BCUT2D eigenvalue weighted by atomic mass is 9.91. The molecule has 1 aromatic rings. The van der Waals surface area contributed by atoms with Crippen LogP contribution in [0.15, 0.2) is 18.2 Å². The Morgan fingerprint density at radius 3 is 1.96 bits per heavy atom. The lowest BCUT2D eigenvalue weighted by Gasteiger charge is -2.35. The Bertz CT molecular complexity index is 666. The molecule has 3 amide bonds. The summed E-state index contributed by atoms with van der Waals surface area (Å²) in [5, 5.41) is 0. The van der Waals surface area contributed by atoms with Crippen LogP contribution in [0.3, 0.4) is 0 Å². The fourth-order valence-corrected chi connectivity index (χ4v) is 3.48. The molecule has 1 heterocycles. The Hall–Kier alpha value is -2.37. The molecular weight excluding hydrogens is 342 g/mol. The third kappa shape index (κ3) is 4.87. The third-order valence-corrected chi connectivity index (χ3v) is 5.10. The number of carbonyl (C=O) groups is 3. The van der Waals surface area contributed by atoms with E-state index < -0.39 is 0 Å². The average molecular weight is 373 g/mol. The van der Waals surface area contributed by atoms with Crippen molar-refractivity contribution in [3.63, 3.8) is 0 Å². The molecule has 6 heteroatoms. The van der Waals surface area contributed by atoms with Gasteiger partial charge in [0.15, 0.2) is 0 Å². The molecule has 1 fully saturated rings. The molecule has 1 aliphatic rings. The van der Waals surface area contributed by atoms with Gasteiger partial charge in [0.1, 0.15) is 6.54 Å². The van der Waals surface area contributed by atoms with Crippen LogP contribution in [0.5, 0.6) is 0 Å². The highest BCUT2D eigenvalue weighted by molar-refractivity contribution is 5.99. The molecule has 0 unspecified atom stereocenters. The largest absolute Gasteiger partial charge is 0.342 e. The molecule has 2 rings (SSSR count). The number of benzene rings is 1. The maximum Gasteiger partial charge on any atom is 0.242 e. The molecule has 0 N–H and O–H groups in total. The summed E-state index contributed by atoms with van der Waals surface area (Å²) in [5.41, 5.74) is 3.03. The van der Waals surface area contributed by atoms with Crippen LogP contribution in [0.4, 0.5) is 5.69 Å². The second-order valence-corrected chi connectivity index (χ2v) is 7.72. The van der Waals surface area contributed by atoms with E-state index in [1.54, 1.807) is 14.7 Å². The Balaban J connectivity index is 2.31. The Kier molecular flexibility index (Phi) is 6.99. The maximum atomic E-state index is 12.9. The van der Waals surface area contributed by atoms with E-state index in [4.69, 9.17) is 0 Å². The molecule has 1 aliphatic heterocycles. The zero-order valence-electron chi connectivity index (χ0n) is 17.1. The number of hydrogen-bond donors (Lipinski definition) is 0. The predicted molar refractivity (Wildman–Crippen MR) is 107 cm³/mol. The molecule has 0 aliphatic carbocycles. The Morgan fingerprint density at radius 2 is 1.56 bits per heavy atom. The minimum Gasteiger partial charge on any atom is -0.342 e. The van der Waals surface area contributed by atoms with E-state index in [1.165, 1.54) is 6.92 Å². The first-order valence-electron chi connectivity index (χ1n) is 9.64. The van der Waals surface area contributed by atoms with Crippen molar-refractivity contribution in [1.82, 2.24) is 9.80 Å². The quantitative estimate of drug-likeness (QED) is 0.720. The van der Waals surface area contributed by atoms with Crippen molar-refractivity contribution in [2.24, 2.45) is 0 Å². The van der Waals surface area contributed by atoms with E-state index in [1.807, 2.05) is 18.2 Å². The van der Waals surface area contributed by atoms with Gasteiger partial charge in [-0.2, -0.15) is 0 Å². The molecule has 148 valence electrons. The van der Waals surface area contributed by atoms with Crippen LogP contribution >= 0.6 is 0 Å². The van der Waals surface area contributed by atoms with E-state index in [0.717, 1.165) is 23.2 Å². The highest BCUT2D eigenvalue weighted by Crippen LogP contribution is 2.35. The Labute approximate surface area is 162 Å². The van der Waals surface area contributed by atoms with Gasteiger partial charge in [0, 0.05) is 33.1 Å². The van der Waals surface area contributed by atoms with Crippen molar-refractivity contribution in [2.75, 3.05) is 37.6 Å². The van der Waals surface area contributed by atoms with Gasteiger partial charge >= 0.3 is 0 Å². The summed E-state index contributed by atoms with van der Waals surface area (Å²) < 4.78 is 0. The summed E-state index contributed by atoms with van der Waals surface area (Å²) in [5.74, 6) is 0.271. The van der Waals surface area contributed by atoms with E-state index in [9.17, 15) is 14.4 Å². The fraction of sp³-hybridized carbons (Fsp3) is 0.571. The molecule has 0 atom stereocenters. The van der Waals surface area contributed by atoms with Crippen LogP contribution in [0.25, 0.3) is 0 Å². The van der Waals surface area contributed by atoms with Crippen LogP contribution in [0, 0.1) is 0 Å². The van der Waals surface area contributed by atoms with Crippen LogP contribution in [-0.2, 0) is 14.4 Å². The van der Waals surface area contributed by atoms with Gasteiger partial charge in [-0.15, -0.1) is 0 Å². The third-order valence-electron chi connectivity index (χ3n) is 5.10. The van der Waals surface area contributed by atoms with Crippen molar-refractivity contribution in [2.45, 2.75) is 46.5 Å². The highest BCUT2D eigenvalue weighted by atomic mass is 16.2.